The van der Waals surface area contributed by atoms with E-state index >= 15 is 0 Å². The van der Waals surface area contributed by atoms with Gasteiger partial charge in [0.2, 0.25) is 5.43 Å². The summed E-state index contributed by atoms with van der Waals surface area (Å²) in [5.74, 6) is -1.09. The molecule has 0 bridgehead atoms. The number of nitrogens with one attached hydrogen (secondary N) is 1. The second kappa shape index (κ2) is 6.09. The Bertz CT molecular complexity index is 1030. The van der Waals surface area contributed by atoms with Crippen molar-refractivity contribution in [3.05, 3.63) is 74.8 Å². The Balaban J connectivity index is 2.09. The highest BCUT2D eigenvalue weighted by atomic mass is 35.5. The number of nitrogens with zero attached hydrogens (tertiary/aromatic N) is 1. The fraction of sp³-hybridized carbons (Fsp3) is 0.111. The first-order valence-corrected chi connectivity index (χ1v) is 7.61. The number of hydrogen-bond acceptors (Lipinski definition) is 2. The molecule has 2 aromatic carbocycles. The summed E-state index contributed by atoms with van der Waals surface area (Å²) in [6.07, 6.45) is 1.44. The Morgan fingerprint density at radius 1 is 1.21 bits per heavy atom. The fourth-order valence-electron chi connectivity index (χ4n) is 2.54. The maximum atomic E-state index is 13.5. The van der Waals surface area contributed by atoms with Gasteiger partial charge in [0.15, 0.2) is 0 Å². The fourth-order valence-corrected chi connectivity index (χ4v) is 2.72. The zero-order valence-electron chi connectivity index (χ0n) is 13.1. The molecule has 0 atom stereocenters. The van der Waals surface area contributed by atoms with E-state index in [2.05, 4.69) is 5.32 Å². The van der Waals surface area contributed by atoms with Crippen LogP contribution in [0.25, 0.3) is 10.9 Å². The molecule has 6 heteroatoms. The molecule has 0 radical (unpaired) electrons. The summed E-state index contributed by atoms with van der Waals surface area (Å²) in [4.78, 5) is 25.1. The first-order valence-electron chi connectivity index (χ1n) is 7.23. The lowest BCUT2D eigenvalue weighted by Gasteiger charge is -2.11. The molecule has 0 aliphatic carbocycles. The van der Waals surface area contributed by atoms with Crippen molar-refractivity contribution >= 4 is 34.1 Å². The second-order valence-electron chi connectivity index (χ2n) is 5.56. The molecular weight excluding hydrogens is 331 g/mol. The normalized spacial score (nSPS) is 10.8. The number of pyridine rings is 1. The SMILES string of the molecule is Cc1ccc(Cl)cc1NC(=O)c1cn(C)c2ccc(F)cc2c1=O. The lowest BCUT2D eigenvalue weighted by Crippen LogP contribution is -2.23. The van der Waals surface area contributed by atoms with Crippen LogP contribution < -0.4 is 10.7 Å². The number of aryl methyl sites for hydroxylation is 2. The van der Waals surface area contributed by atoms with Crippen LogP contribution in [-0.2, 0) is 7.05 Å². The summed E-state index contributed by atoms with van der Waals surface area (Å²) in [7, 11) is 1.70. The van der Waals surface area contributed by atoms with Crippen LogP contribution in [0.1, 0.15) is 15.9 Å². The number of anilines is 1. The van der Waals surface area contributed by atoms with Crippen LogP contribution in [0.4, 0.5) is 10.1 Å². The summed E-state index contributed by atoms with van der Waals surface area (Å²) in [5, 5.41) is 3.32. The number of rotatable bonds is 2. The van der Waals surface area contributed by atoms with Crippen LogP contribution in [0.2, 0.25) is 5.02 Å². The first kappa shape index (κ1) is 16.2. The van der Waals surface area contributed by atoms with Gasteiger partial charge in [-0.1, -0.05) is 17.7 Å². The molecule has 0 saturated heterocycles. The molecule has 0 aliphatic rings. The number of carbonyl (C=O) groups excluding carboxylic acids is 1. The maximum absolute atomic E-state index is 13.5. The quantitative estimate of drug-likeness (QED) is 0.766. The molecule has 0 fully saturated rings. The Hall–Kier alpha value is -2.66. The van der Waals surface area contributed by atoms with E-state index in [0.717, 1.165) is 11.6 Å². The molecule has 3 rings (SSSR count). The van der Waals surface area contributed by atoms with Crippen molar-refractivity contribution in [2.75, 3.05) is 5.32 Å². The van der Waals surface area contributed by atoms with Gasteiger partial charge in [0.25, 0.3) is 5.91 Å². The van der Waals surface area contributed by atoms with Crippen molar-refractivity contribution in [3.63, 3.8) is 0 Å². The van der Waals surface area contributed by atoms with Crippen molar-refractivity contribution in [2.24, 2.45) is 7.05 Å². The van der Waals surface area contributed by atoms with Crippen LogP contribution in [0.5, 0.6) is 0 Å². The van der Waals surface area contributed by atoms with Crippen LogP contribution in [0.15, 0.2) is 47.4 Å². The van der Waals surface area contributed by atoms with E-state index in [1.807, 2.05) is 6.92 Å². The molecule has 0 unspecified atom stereocenters. The van der Waals surface area contributed by atoms with Gasteiger partial charge in [-0.05, 0) is 42.8 Å². The number of hydrogen-bond donors (Lipinski definition) is 1. The predicted molar refractivity (Wildman–Crippen MR) is 93.3 cm³/mol. The molecule has 0 saturated carbocycles. The highest BCUT2D eigenvalue weighted by Crippen LogP contribution is 2.21. The van der Waals surface area contributed by atoms with Crippen LogP contribution in [-0.4, -0.2) is 10.5 Å². The molecule has 0 aliphatic heterocycles. The molecule has 0 spiro atoms. The van der Waals surface area contributed by atoms with Crippen molar-refractivity contribution in [1.29, 1.82) is 0 Å². The standard InChI is InChI=1S/C18H14ClFN2O2/c1-10-3-4-11(19)7-15(10)21-18(24)14-9-22(2)16-6-5-12(20)8-13(16)17(14)23/h3-9H,1-2H3,(H,21,24). The van der Waals surface area contributed by atoms with E-state index in [0.29, 0.717) is 16.2 Å². The Morgan fingerprint density at radius 2 is 1.96 bits per heavy atom. The third-order valence-electron chi connectivity index (χ3n) is 3.84. The summed E-state index contributed by atoms with van der Waals surface area (Å²) >= 11 is 5.94. The summed E-state index contributed by atoms with van der Waals surface area (Å²) in [6.45, 7) is 1.82. The first-order chi connectivity index (χ1) is 11.4. The summed E-state index contributed by atoms with van der Waals surface area (Å²) in [6, 6.07) is 9.01. The van der Waals surface area contributed by atoms with Crippen molar-refractivity contribution in [1.82, 2.24) is 4.57 Å². The van der Waals surface area contributed by atoms with Gasteiger partial charge in [-0.15, -0.1) is 0 Å². The molecule has 1 amide bonds. The van der Waals surface area contributed by atoms with E-state index in [9.17, 15) is 14.0 Å². The smallest absolute Gasteiger partial charge is 0.261 e. The number of carbonyl (C=O) groups is 1. The minimum Gasteiger partial charge on any atom is -0.350 e. The molecule has 4 nitrogen and oxygen atoms in total. The molecule has 1 heterocycles. The Morgan fingerprint density at radius 3 is 2.71 bits per heavy atom. The predicted octanol–water partition coefficient (Wildman–Crippen LogP) is 3.89. The zero-order chi connectivity index (χ0) is 17.4. The van der Waals surface area contributed by atoms with Crippen molar-refractivity contribution in [3.8, 4) is 0 Å². The number of amides is 1. The third kappa shape index (κ3) is 2.90. The number of benzene rings is 2. The van der Waals surface area contributed by atoms with Gasteiger partial charge in [-0.3, -0.25) is 9.59 Å². The van der Waals surface area contributed by atoms with E-state index in [1.54, 1.807) is 29.8 Å². The minimum absolute atomic E-state index is 0.0602. The summed E-state index contributed by atoms with van der Waals surface area (Å²) in [5.41, 5.74) is 1.32. The molecule has 24 heavy (non-hydrogen) atoms. The van der Waals surface area contributed by atoms with Crippen molar-refractivity contribution in [2.45, 2.75) is 6.92 Å². The van der Waals surface area contributed by atoms with Gasteiger partial charge in [0, 0.05) is 29.3 Å². The van der Waals surface area contributed by atoms with Crippen LogP contribution >= 0.6 is 11.6 Å². The molecule has 122 valence electrons. The van der Waals surface area contributed by atoms with Gasteiger partial charge in [0.05, 0.1) is 5.52 Å². The monoisotopic (exact) mass is 344 g/mol. The van der Waals surface area contributed by atoms with Gasteiger partial charge < -0.3 is 9.88 Å². The van der Waals surface area contributed by atoms with Gasteiger partial charge in [-0.25, -0.2) is 4.39 Å². The molecule has 1 N–H and O–H groups in total. The zero-order valence-corrected chi connectivity index (χ0v) is 13.8. The molecule has 3 aromatic rings. The topological polar surface area (TPSA) is 51.1 Å². The Kier molecular flexibility index (Phi) is 4.11. The number of aromatic nitrogens is 1. The van der Waals surface area contributed by atoms with Gasteiger partial charge >= 0.3 is 0 Å². The van der Waals surface area contributed by atoms with E-state index in [4.69, 9.17) is 11.6 Å². The lowest BCUT2D eigenvalue weighted by atomic mass is 10.1. The molecule has 1 aromatic heterocycles. The van der Waals surface area contributed by atoms with E-state index in [1.165, 1.54) is 18.3 Å². The Labute approximate surface area is 142 Å². The van der Waals surface area contributed by atoms with E-state index in [-0.39, 0.29) is 10.9 Å². The van der Waals surface area contributed by atoms with Crippen molar-refractivity contribution < 1.29 is 9.18 Å². The third-order valence-corrected chi connectivity index (χ3v) is 4.08. The van der Waals surface area contributed by atoms with Crippen LogP contribution in [0.3, 0.4) is 0 Å². The highest BCUT2D eigenvalue weighted by molar-refractivity contribution is 6.31. The highest BCUT2D eigenvalue weighted by Gasteiger charge is 2.16. The lowest BCUT2D eigenvalue weighted by molar-refractivity contribution is 0.102. The minimum atomic E-state index is -0.563. The summed E-state index contributed by atoms with van der Waals surface area (Å²) < 4.78 is 15.1. The largest absolute Gasteiger partial charge is 0.350 e. The van der Waals surface area contributed by atoms with Gasteiger partial charge in [-0.2, -0.15) is 0 Å². The molecular formula is C18H14ClFN2O2. The van der Waals surface area contributed by atoms with Gasteiger partial charge in [0.1, 0.15) is 11.4 Å². The average Bonchev–Trinajstić information content (AvgIpc) is 2.54. The number of halogens is 2. The number of fused-ring (bicyclic) bond motifs is 1. The maximum Gasteiger partial charge on any atom is 0.261 e. The van der Waals surface area contributed by atoms with Crippen LogP contribution in [0, 0.1) is 12.7 Å². The average molecular weight is 345 g/mol. The van der Waals surface area contributed by atoms with E-state index < -0.39 is 17.2 Å². The second-order valence-corrected chi connectivity index (χ2v) is 5.99.